The standard InChI is InChI=1S/C38H46F3NO5/c1-33-15-12-26(43)20-35(33)18-19-37(28(21-35)31(44)25-6-4-3-5-7-25)29(33)13-16-34(2)30(37)14-17-36(34)23-42(32(45)47-36)22-24-8-10-27(11-9-24)46-38(39,40)41/h8-11,18-19,21,25-26,29-30,43H,3-7,12-17,20,22-23H2,1-2H3/t26-,29+,30+,33+,34-,35-,36+,37+/m0/s1. The molecule has 1 aromatic rings. The molecule has 1 N–H and O–H groups in total. The van der Waals surface area contributed by atoms with Crippen molar-refractivity contribution in [3.8, 4) is 5.75 Å². The van der Waals surface area contributed by atoms with Crippen LogP contribution in [0.25, 0.3) is 0 Å². The van der Waals surface area contributed by atoms with Gasteiger partial charge in [0.15, 0.2) is 5.78 Å². The molecule has 0 aromatic heterocycles. The summed E-state index contributed by atoms with van der Waals surface area (Å²) in [6.07, 6.45) is 12.5. The van der Waals surface area contributed by atoms with E-state index in [0.717, 1.165) is 63.4 Å². The SMILES string of the molecule is C[C@]12CC[C@H]3[C@]4(C=C[C@@]5(C=C4C(=O)C4CCCCC4)C[C@@H](O)CC[C@]35C)[C@@H]1CC[C@@]21CN(Cc2ccc(OC(F)(F)F)cc2)C(=O)O1. The van der Waals surface area contributed by atoms with E-state index < -0.39 is 23.5 Å². The first kappa shape index (κ1) is 31.5. The first-order valence-electron chi connectivity index (χ1n) is 17.7. The number of hydrogen-bond acceptors (Lipinski definition) is 5. The van der Waals surface area contributed by atoms with Gasteiger partial charge in [-0.2, -0.15) is 0 Å². The monoisotopic (exact) mass is 653 g/mol. The first-order valence-corrected chi connectivity index (χ1v) is 17.7. The van der Waals surface area contributed by atoms with Crippen LogP contribution in [0.5, 0.6) is 5.75 Å². The topological polar surface area (TPSA) is 76.1 Å². The number of carbonyl (C=O) groups is 2. The summed E-state index contributed by atoms with van der Waals surface area (Å²) in [6.45, 7) is 5.34. The van der Waals surface area contributed by atoms with Crippen LogP contribution in [0.1, 0.15) is 96.5 Å². The van der Waals surface area contributed by atoms with E-state index in [1.807, 2.05) is 0 Å². The van der Waals surface area contributed by atoms with Crippen molar-refractivity contribution in [2.75, 3.05) is 6.54 Å². The van der Waals surface area contributed by atoms with E-state index in [9.17, 15) is 27.9 Å². The van der Waals surface area contributed by atoms with Crippen LogP contribution < -0.4 is 4.74 Å². The van der Waals surface area contributed by atoms with Crippen molar-refractivity contribution in [2.45, 2.75) is 116 Å². The van der Waals surface area contributed by atoms with Crippen LogP contribution in [-0.2, 0) is 16.1 Å². The third-order valence-corrected chi connectivity index (χ3v) is 14.4. The number of nitrogens with zero attached hydrogens (tertiary/aromatic N) is 1. The van der Waals surface area contributed by atoms with Gasteiger partial charge in [0.25, 0.3) is 0 Å². The highest BCUT2D eigenvalue weighted by atomic mass is 19.4. The summed E-state index contributed by atoms with van der Waals surface area (Å²) >= 11 is 0. The number of benzene rings is 1. The van der Waals surface area contributed by atoms with Crippen LogP contribution in [0, 0.1) is 39.4 Å². The zero-order chi connectivity index (χ0) is 33.0. The zero-order valence-corrected chi connectivity index (χ0v) is 27.4. The van der Waals surface area contributed by atoms with E-state index in [0.29, 0.717) is 30.7 Å². The molecule has 0 unspecified atom stereocenters. The van der Waals surface area contributed by atoms with Crippen LogP contribution in [0.3, 0.4) is 0 Å². The second-order valence-electron chi connectivity index (χ2n) is 16.4. The summed E-state index contributed by atoms with van der Waals surface area (Å²) in [7, 11) is 0. The van der Waals surface area contributed by atoms with Gasteiger partial charge in [0, 0.05) is 34.3 Å². The highest BCUT2D eigenvalue weighted by molar-refractivity contribution is 6.00. The lowest BCUT2D eigenvalue weighted by Gasteiger charge is -2.71. The average molecular weight is 654 g/mol. The predicted octanol–water partition coefficient (Wildman–Crippen LogP) is 8.29. The molecule has 9 heteroatoms. The molecule has 5 fully saturated rings. The molecular weight excluding hydrogens is 607 g/mol. The van der Waals surface area contributed by atoms with Crippen molar-refractivity contribution in [2.24, 2.45) is 39.4 Å². The molecule has 4 saturated carbocycles. The lowest BCUT2D eigenvalue weighted by Crippen LogP contribution is -2.67. The summed E-state index contributed by atoms with van der Waals surface area (Å²) in [6, 6.07) is 5.65. The normalized spacial score (nSPS) is 42.5. The fraction of sp³-hybridized carbons (Fsp3) is 0.684. The van der Waals surface area contributed by atoms with Crippen LogP contribution >= 0.6 is 0 Å². The lowest BCUT2D eigenvalue weighted by molar-refractivity contribution is -0.274. The van der Waals surface area contributed by atoms with Crippen molar-refractivity contribution < 1.29 is 37.3 Å². The molecule has 8 aliphatic rings. The Bertz CT molecular complexity index is 1530. The zero-order valence-electron chi connectivity index (χ0n) is 27.4. The Hall–Kier alpha value is -2.81. The number of alkyl halides is 3. The fourth-order valence-corrected chi connectivity index (χ4v) is 12.1. The van der Waals surface area contributed by atoms with Gasteiger partial charge in [-0.05, 0) is 92.7 Å². The molecule has 1 saturated heterocycles. The van der Waals surface area contributed by atoms with Crippen molar-refractivity contribution in [1.82, 2.24) is 4.90 Å². The molecule has 1 aromatic carbocycles. The molecule has 2 bridgehead atoms. The van der Waals surface area contributed by atoms with E-state index in [1.165, 1.54) is 18.6 Å². The third kappa shape index (κ3) is 4.39. The van der Waals surface area contributed by atoms with Crippen molar-refractivity contribution in [1.29, 1.82) is 0 Å². The first-order chi connectivity index (χ1) is 22.2. The highest BCUT2D eigenvalue weighted by Gasteiger charge is 2.76. The summed E-state index contributed by atoms with van der Waals surface area (Å²) < 4.78 is 48.5. The molecule has 1 amide bonds. The van der Waals surface area contributed by atoms with E-state index >= 15 is 0 Å². The molecule has 1 heterocycles. The minimum absolute atomic E-state index is 0.0465. The van der Waals surface area contributed by atoms with Gasteiger partial charge in [-0.3, -0.25) is 9.69 Å². The molecule has 3 spiro atoms. The van der Waals surface area contributed by atoms with E-state index in [1.54, 1.807) is 17.0 Å². The molecule has 0 radical (unpaired) electrons. The minimum atomic E-state index is -4.77. The van der Waals surface area contributed by atoms with Crippen molar-refractivity contribution >= 4 is 11.9 Å². The van der Waals surface area contributed by atoms with Crippen LogP contribution in [0.2, 0.25) is 0 Å². The molecule has 6 nitrogen and oxygen atoms in total. The number of aliphatic hydroxyl groups excluding tert-OH is 1. The summed E-state index contributed by atoms with van der Waals surface area (Å²) in [4.78, 5) is 29.9. The maximum absolute atomic E-state index is 14.7. The van der Waals surface area contributed by atoms with E-state index in [2.05, 4.69) is 36.8 Å². The average Bonchev–Trinajstić information content (AvgIpc) is 3.51. The number of fused-ring (bicyclic) bond motifs is 2. The number of allylic oxidation sites excluding steroid dienone is 4. The number of rotatable bonds is 5. The number of halogens is 3. The number of aliphatic hydroxyl groups is 1. The molecule has 47 heavy (non-hydrogen) atoms. The maximum Gasteiger partial charge on any atom is 0.573 e. The second kappa shape index (κ2) is 10.3. The number of carbonyl (C=O) groups excluding carboxylic acids is 2. The number of hydrogen-bond donors (Lipinski definition) is 1. The van der Waals surface area contributed by atoms with Gasteiger partial charge in [-0.15, -0.1) is 13.2 Å². The largest absolute Gasteiger partial charge is 0.573 e. The van der Waals surface area contributed by atoms with Gasteiger partial charge in [0.05, 0.1) is 12.6 Å². The van der Waals surface area contributed by atoms with E-state index in [4.69, 9.17) is 4.74 Å². The van der Waals surface area contributed by atoms with Gasteiger partial charge in [0.2, 0.25) is 0 Å². The van der Waals surface area contributed by atoms with Crippen molar-refractivity contribution in [3.05, 3.63) is 53.6 Å². The lowest BCUT2D eigenvalue weighted by atomic mass is 9.32. The Morgan fingerprint density at radius 3 is 2.36 bits per heavy atom. The smallest absolute Gasteiger partial charge is 0.440 e. The Morgan fingerprint density at radius 2 is 1.64 bits per heavy atom. The number of amides is 1. The molecule has 1 aliphatic heterocycles. The quantitative estimate of drug-likeness (QED) is 0.324. The maximum atomic E-state index is 14.7. The second-order valence-corrected chi connectivity index (χ2v) is 16.4. The van der Waals surface area contributed by atoms with Gasteiger partial charge in [-0.1, -0.05) is 63.5 Å². The number of Topliss-reactive ketones (excluding diaryl/α,β-unsaturated/α-hetero) is 1. The van der Waals surface area contributed by atoms with Crippen LogP contribution in [0.4, 0.5) is 18.0 Å². The Balaban J connectivity index is 1.13. The number of ether oxygens (including phenoxy) is 2. The predicted molar refractivity (Wildman–Crippen MR) is 168 cm³/mol. The van der Waals surface area contributed by atoms with Gasteiger partial charge < -0.3 is 14.6 Å². The van der Waals surface area contributed by atoms with Gasteiger partial charge in [0.1, 0.15) is 11.4 Å². The fourth-order valence-electron chi connectivity index (χ4n) is 12.1. The Kier molecular flexibility index (Phi) is 6.93. The molecule has 9 rings (SSSR count). The van der Waals surface area contributed by atoms with Gasteiger partial charge in [-0.25, -0.2) is 4.79 Å². The van der Waals surface area contributed by atoms with Crippen molar-refractivity contribution in [3.63, 3.8) is 0 Å². The third-order valence-electron chi connectivity index (χ3n) is 14.4. The molecular formula is C38H46F3NO5. The van der Waals surface area contributed by atoms with Gasteiger partial charge >= 0.3 is 12.5 Å². The Morgan fingerprint density at radius 1 is 0.957 bits per heavy atom. The molecule has 7 aliphatic carbocycles. The summed E-state index contributed by atoms with van der Waals surface area (Å²) in [5.74, 6) is 0.462. The number of ketones is 1. The summed E-state index contributed by atoms with van der Waals surface area (Å²) in [5.41, 5.74) is -0.207. The molecule has 254 valence electrons. The van der Waals surface area contributed by atoms with Crippen LogP contribution in [-0.4, -0.2) is 46.5 Å². The van der Waals surface area contributed by atoms with Crippen LogP contribution in [0.15, 0.2) is 48.1 Å². The summed E-state index contributed by atoms with van der Waals surface area (Å²) in [5, 5.41) is 10.9. The molecule has 8 atom stereocenters. The minimum Gasteiger partial charge on any atom is -0.440 e. The highest BCUT2D eigenvalue weighted by Crippen LogP contribution is 2.79. The Labute approximate surface area is 274 Å². The van der Waals surface area contributed by atoms with E-state index in [-0.39, 0.29) is 52.4 Å².